The van der Waals surface area contributed by atoms with Gasteiger partial charge in [-0.3, -0.25) is 4.79 Å². The third kappa shape index (κ3) is 5.06. The summed E-state index contributed by atoms with van der Waals surface area (Å²) in [5.41, 5.74) is 1.50. The molecule has 2 aromatic rings. The maximum atomic E-state index is 11.9. The topological polar surface area (TPSA) is 74.2 Å². The minimum Gasteiger partial charge on any atom is -0.493 e. The van der Waals surface area contributed by atoms with Crippen LogP contribution in [0.3, 0.4) is 0 Å². The lowest BCUT2D eigenvalue weighted by molar-refractivity contribution is -0.138. The van der Waals surface area contributed by atoms with Crippen LogP contribution in [0.1, 0.15) is 30.4 Å². The van der Waals surface area contributed by atoms with Crippen molar-refractivity contribution in [2.75, 3.05) is 27.9 Å². The molecular formula is C21H26O6. The quantitative estimate of drug-likeness (QED) is 0.680. The first-order valence-corrected chi connectivity index (χ1v) is 8.78. The van der Waals surface area contributed by atoms with Crippen LogP contribution < -0.4 is 18.9 Å². The molecule has 146 valence electrons. The lowest BCUT2D eigenvalue weighted by atomic mass is 9.91. The number of carboxylic acids is 1. The van der Waals surface area contributed by atoms with Gasteiger partial charge in [-0.05, 0) is 48.2 Å². The third-order valence-corrected chi connectivity index (χ3v) is 4.24. The van der Waals surface area contributed by atoms with E-state index < -0.39 is 11.9 Å². The van der Waals surface area contributed by atoms with Crippen molar-refractivity contribution in [1.29, 1.82) is 0 Å². The van der Waals surface area contributed by atoms with Crippen molar-refractivity contribution in [3.8, 4) is 23.0 Å². The first-order chi connectivity index (χ1) is 13.0. The second-order valence-corrected chi connectivity index (χ2v) is 6.04. The van der Waals surface area contributed by atoms with Crippen LogP contribution in [0, 0.1) is 0 Å². The summed E-state index contributed by atoms with van der Waals surface area (Å²) in [6, 6.07) is 10.7. The van der Waals surface area contributed by atoms with Gasteiger partial charge >= 0.3 is 5.97 Å². The summed E-state index contributed by atoms with van der Waals surface area (Å²) in [5.74, 6) is 0.679. The van der Waals surface area contributed by atoms with E-state index in [0.717, 1.165) is 12.0 Å². The highest BCUT2D eigenvalue weighted by Crippen LogP contribution is 2.34. The number of aliphatic carboxylic acids is 1. The zero-order valence-corrected chi connectivity index (χ0v) is 16.2. The Morgan fingerprint density at radius 1 is 0.926 bits per heavy atom. The number of ether oxygens (including phenoxy) is 4. The number of carboxylic acid groups (broad SMARTS) is 1. The lowest BCUT2D eigenvalue weighted by Crippen LogP contribution is -2.15. The molecule has 0 aliphatic heterocycles. The Morgan fingerprint density at radius 2 is 1.56 bits per heavy atom. The minimum atomic E-state index is -0.908. The molecule has 2 aromatic carbocycles. The molecule has 0 amide bonds. The molecule has 0 fully saturated rings. The van der Waals surface area contributed by atoms with Gasteiger partial charge in [0.25, 0.3) is 0 Å². The van der Waals surface area contributed by atoms with Crippen LogP contribution >= 0.6 is 0 Å². The number of carbonyl (C=O) groups is 1. The van der Waals surface area contributed by atoms with E-state index in [0.29, 0.717) is 41.6 Å². The molecule has 0 saturated heterocycles. The zero-order valence-electron chi connectivity index (χ0n) is 16.2. The van der Waals surface area contributed by atoms with Crippen molar-refractivity contribution in [1.82, 2.24) is 0 Å². The Kier molecular flexibility index (Phi) is 7.34. The molecule has 6 nitrogen and oxygen atoms in total. The first-order valence-electron chi connectivity index (χ1n) is 8.78. The molecule has 6 heteroatoms. The summed E-state index contributed by atoms with van der Waals surface area (Å²) < 4.78 is 21.6. The van der Waals surface area contributed by atoms with Crippen molar-refractivity contribution in [3.05, 3.63) is 47.5 Å². The van der Waals surface area contributed by atoms with Crippen LogP contribution in [-0.2, 0) is 11.2 Å². The maximum Gasteiger partial charge on any atom is 0.311 e. The monoisotopic (exact) mass is 374 g/mol. The van der Waals surface area contributed by atoms with Gasteiger partial charge in [-0.25, -0.2) is 0 Å². The first kappa shape index (κ1) is 20.4. The smallest absolute Gasteiger partial charge is 0.311 e. The average Bonchev–Trinajstić information content (AvgIpc) is 2.69. The lowest BCUT2D eigenvalue weighted by Gasteiger charge is -2.17. The van der Waals surface area contributed by atoms with Crippen molar-refractivity contribution in [3.63, 3.8) is 0 Å². The second kappa shape index (κ2) is 9.71. The molecule has 1 unspecified atom stereocenters. The molecule has 0 radical (unpaired) electrons. The van der Waals surface area contributed by atoms with E-state index in [9.17, 15) is 9.90 Å². The highest BCUT2D eigenvalue weighted by molar-refractivity contribution is 5.77. The summed E-state index contributed by atoms with van der Waals surface area (Å²) >= 11 is 0. The van der Waals surface area contributed by atoms with Gasteiger partial charge in [0.05, 0.1) is 33.9 Å². The summed E-state index contributed by atoms with van der Waals surface area (Å²) in [6.45, 7) is 2.59. The number of hydrogen-bond acceptors (Lipinski definition) is 5. The molecule has 27 heavy (non-hydrogen) atoms. The normalized spacial score (nSPS) is 11.6. The highest BCUT2D eigenvalue weighted by Gasteiger charge is 2.22. The van der Waals surface area contributed by atoms with Crippen LogP contribution in [0.2, 0.25) is 0 Å². The fourth-order valence-corrected chi connectivity index (χ4v) is 2.83. The number of methoxy groups -OCH3 is 3. The van der Waals surface area contributed by atoms with E-state index in [1.54, 1.807) is 38.5 Å². The van der Waals surface area contributed by atoms with Crippen LogP contribution in [-0.4, -0.2) is 39.0 Å². The predicted octanol–water partition coefficient (Wildman–Crippen LogP) is 3.91. The van der Waals surface area contributed by atoms with Gasteiger partial charge in [0.1, 0.15) is 0 Å². The summed E-state index contributed by atoms with van der Waals surface area (Å²) in [7, 11) is 4.65. The molecule has 0 heterocycles. The Hall–Kier alpha value is -2.89. The van der Waals surface area contributed by atoms with Crippen LogP contribution in [0.4, 0.5) is 0 Å². The van der Waals surface area contributed by atoms with Crippen molar-refractivity contribution in [2.45, 2.75) is 25.7 Å². The number of benzene rings is 2. The molecule has 2 rings (SSSR count). The van der Waals surface area contributed by atoms with Gasteiger partial charge in [0, 0.05) is 0 Å². The van der Waals surface area contributed by atoms with E-state index >= 15 is 0 Å². The Morgan fingerprint density at radius 3 is 2.15 bits per heavy atom. The van der Waals surface area contributed by atoms with Gasteiger partial charge < -0.3 is 24.1 Å². The van der Waals surface area contributed by atoms with E-state index in [1.807, 2.05) is 19.1 Å². The van der Waals surface area contributed by atoms with Crippen LogP contribution in [0.25, 0.3) is 0 Å². The Balaban J connectivity index is 2.32. The van der Waals surface area contributed by atoms with Gasteiger partial charge in [-0.1, -0.05) is 19.1 Å². The van der Waals surface area contributed by atoms with Gasteiger partial charge in [0.2, 0.25) is 0 Å². The number of hydrogen-bond donors (Lipinski definition) is 1. The molecule has 0 bridgehead atoms. The Labute approximate surface area is 159 Å². The highest BCUT2D eigenvalue weighted by atomic mass is 16.5. The van der Waals surface area contributed by atoms with Crippen molar-refractivity contribution in [2.24, 2.45) is 0 Å². The van der Waals surface area contributed by atoms with E-state index in [1.165, 1.54) is 7.11 Å². The summed E-state index contributed by atoms with van der Waals surface area (Å²) in [6.07, 6.45) is 1.19. The van der Waals surface area contributed by atoms with Crippen molar-refractivity contribution >= 4 is 5.97 Å². The second-order valence-electron chi connectivity index (χ2n) is 6.04. The van der Waals surface area contributed by atoms with Crippen LogP contribution in [0.5, 0.6) is 23.0 Å². The maximum absolute atomic E-state index is 11.9. The van der Waals surface area contributed by atoms with Gasteiger partial charge in [-0.15, -0.1) is 0 Å². The fraction of sp³-hybridized carbons (Fsp3) is 0.381. The summed E-state index contributed by atoms with van der Waals surface area (Å²) in [4.78, 5) is 11.9. The van der Waals surface area contributed by atoms with E-state index in [4.69, 9.17) is 18.9 Å². The van der Waals surface area contributed by atoms with Crippen molar-refractivity contribution < 1.29 is 28.8 Å². The zero-order chi connectivity index (χ0) is 19.8. The largest absolute Gasteiger partial charge is 0.493 e. The molecule has 0 aliphatic rings. The molecule has 0 aliphatic carbocycles. The van der Waals surface area contributed by atoms with Gasteiger partial charge in [-0.2, -0.15) is 0 Å². The standard InChI is InChI=1S/C21H26O6/c1-5-10-27-20-12-14(6-8-18(20)25-3)11-16(21(22)23)15-7-9-17(24-2)19(13-15)26-4/h6-9,12-13,16H,5,10-11H2,1-4H3,(H,22,23). The molecule has 1 atom stereocenters. The summed E-state index contributed by atoms with van der Waals surface area (Å²) in [5, 5.41) is 9.76. The Bertz CT molecular complexity index is 771. The molecule has 0 aromatic heterocycles. The van der Waals surface area contributed by atoms with Gasteiger partial charge in [0.15, 0.2) is 23.0 Å². The van der Waals surface area contributed by atoms with Crippen LogP contribution in [0.15, 0.2) is 36.4 Å². The fourth-order valence-electron chi connectivity index (χ4n) is 2.83. The predicted molar refractivity (Wildman–Crippen MR) is 102 cm³/mol. The molecule has 0 spiro atoms. The minimum absolute atomic E-state index is 0.317. The molecule has 1 N–H and O–H groups in total. The van der Waals surface area contributed by atoms with E-state index in [-0.39, 0.29) is 0 Å². The number of rotatable bonds is 10. The third-order valence-electron chi connectivity index (χ3n) is 4.24. The molecular weight excluding hydrogens is 348 g/mol. The SMILES string of the molecule is CCCOc1cc(CC(C(=O)O)c2ccc(OC)c(OC)c2)ccc1OC. The van der Waals surface area contributed by atoms with E-state index in [2.05, 4.69) is 0 Å². The molecule has 0 saturated carbocycles. The average molecular weight is 374 g/mol.